The van der Waals surface area contributed by atoms with E-state index in [1.54, 1.807) is 6.92 Å². The quantitative estimate of drug-likeness (QED) is 0.659. The van der Waals surface area contributed by atoms with E-state index in [2.05, 4.69) is 9.47 Å². The average Bonchev–Trinajstić information content (AvgIpc) is 2.55. The highest BCUT2D eigenvalue weighted by molar-refractivity contribution is 6.17. The fraction of sp³-hybridized carbons (Fsp3) is 0.556. The SMILES string of the molecule is CCOC(=O)N1CC(=O)N(C(=O)OCC)C1=O. The number of amides is 5. The molecule has 1 saturated heterocycles. The van der Waals surface area contributed by atoms with Gasteiger partial charge in [-0.25, -0.2) is 19.3 Å². The van der Waals surface area contributed by atoms with Crippen molar-refractivity contribution >= 4 is 24.1 Å². The summed E-state index contributed by atoms with van der Waals surface area (Å²) in [6.07, 6.45) is -2.05. The molecule has 0 saturated carbocycles. The van der Waals surface area contributed by atoms with Gasteiger partial charge in [0, 0.05) is 0 Å². The van der Waals surface area contributed by atoms with E-state index in [0.717, 1.165) is 0 Å². The molecule has 0 atom stereocenters. The monoisotopic (exact) mass is 244 g/mol. The molecule has 1 aliphatic rings. The molecule has 8 nitrogen and oxygen atoms in total. The smallest absolute Gasteiger partial charge is 0.425 e. The van der Waals surface area contributed by atoms with Gasteiger partial charge in [0.25, 0.3) is 5.91 Å². The van der Waals surface area contributed by atoms with Crippen LogP contribution >= 0.6 is 0 Å². The van der Waals surface area contributed by atoms with Crippen LogP contribution in [0.25, 0.3) is 0 Å². The summed E-state index contributed by atoms with van der Waals surface area (Å²) in [5.41, 5.74) is 0. The van der Waals surface area contributed by atoms with Crippen molar-refractivity contribution in [2.24, 2.45) is 0 Å². The average molecular weight is 244 g/mol. The summed E-state index contributed by atoms with van der Waals surface area (Å²) in [6.45, 7) is 2.66. The Kier molecular flexibility index (Phi) is 4.02. The molecule has 1 rings (SSSR count). The first-order valence-corrected chi connectivity index (χ1v) is 5.00. The molecule has 0 aliphatic carbocycles. The molecule has 0 unspecified atom stereocenters. The Labute approximate surface area is 97.0 Å². The van der Waals surface area contributed by atoms with Crippen LogP contribution in [0.3, 0.4) is 0 Å². The van der Waals surface area contributed by atoms with Crippen LogP contribution in [0.4, 0.5) is 14.4 Å². The van der Waals surface area contributed by atoms with E-state index in [-0.39, 0.29) is 18.1 Å². The van der Waals surface area contributed by atoms with Crippen molar-refractivity contribution in [1.29, 1.82) is 0 Å². The molecule has 0 N–H and O–H groups in total. The van der Waals surface area contributed by atoms with Crippen LogP contribution in [0, 0.1) is 0 Å². The van der Waals surface area contributed by atoms with E-state index >= 15 is 0 Å². The van der Waals surface area contributed by atoms with Crippen molar-refractivity contribution in [2.45, 2.75) is 13.8 Å². The first kappa shape index (κ1) is 12.9. The Balaban J connectivity index is 2.78. The molecule has 17 heavy (non-hydrogen) atoms. The van der Waals surface area contributed by atoms with Gasteiger partial charge in [0.05, 0.1) is 13.2 Å². The van der Waals surface area contributed by atoms with Crippen molar-refractivity contribution < 1.29 is 28.7 Å². The van der Waals surface area contributed by atoms with Crippen molar-refractivity contribution in [3.8, 4) is 0 Å². The Morgan fingerprint density at radius 3 is 2.18 bits per heavy atom. The van der Waals surface area contributed by atoms with Gasteiger partial charge in [-0.3, -0.25) is 4.79 Å². The lowest BCUT2D eigenvalue weighted by Gasteiger charge is -2.13. The van der Waals surface area contributed by atoms with Crippen molar-refractivity contribution in [1.82, 2.24) is 9.80 Å². The molecule has 1 fully saturated rings. The molecule has 94 valence electrons. The van der Waals surface area contributed by atoms with Crippen molar-refractivity contribution in [3.63, 3.8) is 0 Å². The number of rotatable bonds is 2. The summed E-state index contributed by atoms with van der Waals surface area (Å²) in [5, 5.41) is 0. The number of hydrogen-bond donors (Lipinski definition) is 0. The maximum absolute atomic E-state index is 11.6. The third kappa shape index (κ3) is 2.52. The zero-order valence-electron chi connectivity index (χ0n) is 9.47. The zero-order valence-corrected chi connectivity index (χ0v) is 9.47. The second-order valence-corrected chi connectivity index (χ2v) is 3.00. The summed E-state index contributed by atoms with van der Waals surface area (Å²) >= 11 is 0. The first-order chi connectivity index (χ1) is 8.02. The van der Waals surface area contributed by atoms with E-state index in [9.17, 15) is 19.2 Å². The summed E-state index contributed by atoms with van der Waals surface area (Å²) in [4.78, 5) is 46.3. The van der Waals surface area contributed by atoms with Crippen LogP contribution in [-0.4, -0.2) is 53.7 Å². The minimum Gasteiger partial charge on any atom is -0.449 e. The van der Waals surface area contributed by atoms with Crippen LogP contribution < -0.4 is 0 Å². The standard InChI is InChI=1S/C9H12N2O6/c1-3-16-8(14)10-5-6(12)11(7(10)13)9(15)17-4-2/h3-5H2,1-2H3. The third-order valence-corrected chi connectivity index (χ3v) is 1.90. The van der Waals surface area contributed by atoms with Crippen LogP contribution in [0.2, 0.25) is 0 Å². The number of carbonyl (C=O) groups excluding carboxylic acids is 4. The van der Waals surface area contributed by atoms with Crippen LogP contribution in [0.1, 0.15) is 13.8 Å². The number of imide groups is 4. The molecular formula is C9H12N2O6. The van der Waals surface area contributed by atoms with Gasteiger partial charge in [0.1, 0.15) is 6.54 Å². The summed E-state index contributed by atoms with van der Waals surface area (Å²) < 4.78 is 9.09. The number of ether oxygens (including phenoxy) is 2. The third-order valence-electron chi connectivity index (χ3n) is 1.90. The number of urea groups is 1. The normalized spacial score (nSPS) is 15.2. The minimum absolute atomic E-state index is 0.0231. The highest BCUT2D eigenvalue weighted by Gasteiger charge is 2.45. The fourth-order valence-corrected chi connectivity index (χ4v) is 1.21. The maximum atomic E-state index is 11.6. The molecule has 0 aromatic rings. The summed E-state index contributed by atoms with van der Waals surface area (Å²) in [6, 6.07) is -1.05. The second-order valence-electron chi connectivity index (χ2n) is 3.00. The Bertz CT molecular complexity index is 366. The van der Waals surface area contributed by atoms with Gasteiger partial charge < -0.3 is 9.47 Å². The summed E-state index contributed by atoms with van der Waals surface area (Å²) in [7, 11) is 0. The van der Waals surface area contributed by atoms with Crippen LogP contribution in [0.5, 0.6) is 0 Å². The fourth-order valence-electron chi connectivity index (χ4n) is 1.21. The van der Waals surface area contributed by atoms with Gasteiger partial charge in [-0.1, -0.05) is 0 Å². The highest BCUT2D eigenvalue weighted by atomic mass is 16.6. The molecule has 5 amide bonds. The molecular weight excluding hydrogens is 232 g/mol. The van der Waals surface area contributed by atoms with Gasteiger partial charge in [-0.05, 0) is 13.8 Å². The Morgan fingerprint density at radius 2 is 1.65 bits per heavy atom. The first-order valence-electron chi connectivity index (χ1n) is 5.00. The Hall–Kier alpha value is -2.12. The number of hydrogen-bond acceptors (Lipinski definition) is 6. The van der Waals surface area contributed by atoms with E-state index in [1.165, 1.54) is 6.92 Å². The minimum atomic E-state index is -1.09. The van der Waals surface area contributed by atoms with Gasteiger partial charge in [-0.2, -0.15) is 4.90 Å². The van der Waals surface area contributed by atoms with Crippen molar-refractivity contribution in [3.05, 3.63) is 0 Å². The van der Waals surface area contributed by atoms with E-state index < -0.39 is 30.7 Å². The van der Waals surface area contributed by atoms with E-state index in [4.69, 9.17) is 0 Å². The second kappa shape index (κ2) is 5.28. The van der Waals surface area contributed by atoms with Crippen molar-refractivity contribution in [2.75, 3.05) is 19.8 Å². The lowest BCUT2D eigenvalue weighted by Crippen LogP contribution is -2.40. The van der Waals surface area contributed by atoms with Crippen LogP contribution in [-0.2, 0) is 14.3 Å². The highest BCUT2D eigenvalue weighted by Crippen LogP contribution is 2.13. The van der Waals surface area contributed by atoms with E-state index in [0.29, 0.717) is 4.90 Å². The molecule has 0 bridgehead atoms. The molecule has 1 heterocycles. The predicted octanol–water partition coefficient (Wildman–Crippen LogP) is 0.564. The lowest BCUT2D eigenvalue weighted by atomic mass is 10.6. The maximum Gasteiger partial charge on any atom is 0.425 e. The molecule has 0 aromatic heterocycles. The molecule has 0 radical (unpaired) electrons. The van der Waals surface area contributed by atoms with Crippen LogP contribution in [0.15, 0.2) is 0 Å². The molecule has 0 aromatic carbocycles. The largest absolute Gasteiger partial charge is 0.449 e. The zero-order chi connectivity index (χ0) is 13.0. The van der Waals surface area contributed by atoms with Gasteiger partial charge in [0.2, 0.25) is 0 Å². The number of nitrogens with zero attached hydrogens (tertiary/aromatic N) is 2. The van der Waals surface area contributed by atoms with E-state index in [1.807, 2.05) is 0 Å². The molecule has 8 heteroatoms. The van der Waals surface area contributed by atoms with Gasteiger partial charge >= 0.3 is 18.2 Å². The predicted molar refractivity (Wildman–Crippen MR) is 53.0 cm³/mol. The topological polar surface area (TPSA) is 93.2 Å². The Morgan fingerprint density at radius 1 is 1.12 bits per heavy atom. The molecule has 0 spiro atoms. The van der Waals surface area contributed by atoms with Gasteiger partial charge in [-0.15, -0.1) is 0 Å². The lowest BCUT2D eigenvalue weighted by molar-refractivity contribution is -0.124. The summed E-state index contributed by atoms with van der Waals surface area (Å²) in [5.74, 6) is -0.818. The molecule has 1 aliphatic heterocycles. The number of carbonyl (C=O) groups is 4. The van der Waals surface area contributed by atoms with Gasteiger partial charge in [0.15, 0.2) is 0 Å².